The molecule has 6 heteroatoms. The summed E-state index contributed by atoms with van der Waals surface area (Å²) in [5, 5.41) is 2.83. The zero-order valence-corrected chi connectivity index (χ0v) is 14.1. The van der Waals surface area contributed by atoms with Gasteiger partial charge in [-0.25, -0.2) is 0 Å². The number of likely N-dealkylation sites (tertiary alicyclic amines) is 1. The summed E-state index contributed by atoms with van der Waals surface area (Å²) in [5.74, 6) is 0.778. The molecule has 1 aliphatic heterocycles. The van der Waals surface area contributed by atoms with Crippen molar-refractivity contribution >= 4 is 11.8 Å². The molecule has 1 aliphatic rings. The lowest BCUT2D eigenvalue weighted by Gasteiger charge is -2.28. The molecular formula is C17H24N2O4. The third kappa shape index (κ3) is 3.25. The predicted octanol–water partition coefficient (Wildman–Crippen LogP) is 1.75. The van der Waals surface area contributed by atoms with Crippen LogP contribution in [0.3, 0.4) is 0 Å². The SMILES string of the molecule is CCNC(=O)[C@@H]1CC(=O)N(CC)[C@H]1c1ccc(OC)cc1OC. The number of ether oxygens (including phenoxy) is 2. The summed E-state index contributed by atoms with van der Waals surface area (Å²) in [7, 11) is 3.16. The van der Waals surface area contributed by atoms with E-state index in [-0.39, 0.29) is 24.3 Å². The van der Waals surface area contributed by atoms with Crippen LogP contribution in [0.25, 0.3) is 0 Å². The van der Waals surface area contributed by atoms with Crippen molar-refractivity contribution in [1.29, 1.82) is 0 Å². The van der Waals surface area contributed by atoms with E-state index in [0.717, 1.165) is 5.56 Å². The number of benzene rings is 1. The molecule has 2 atom stereocenters. The number of nitrogens with one attached hydrogen (secondary N) is 1. The van der Waals surface area contributed by atoms with Crippen LogP contribution >= 0.6 is 0 Å². The Hall–Kier alpha value is -2.24. The molecule has 0 aromatic heterocycles. The van der Waals surface area contributed by atoms with Gasteiger partial charge in [-0.3, -0.25) is 9.59 Å². The molecule has 0 unspecified atom stereocenters. The van der Waals surface area contributed by atoms with Gasteiger partial charge in [0.2, 0.25) is 11.8 Å². The van der Waals surface area contributed by atoms with Gasteiger partial charge in [0.05, 0.1) is 26.2 Å². The minimum absolute atomic E-state index is 0.00776. The molecule has 126 valence electrons. The van der Waals surface area contributed by atoms with Crippen LogP contribution in [0.5, 0.6) is 11.5 Å². The molecule has 2 rings (SSSR count). The first-order valence-electron chi connectivity index (χ1n) is 7.86. The second kappa shape index (κ2) is 7.35. The number of rotatable bonds is 6. The van der Waals surface area contributed by atoms with Gasteiger partial charge in [0.1, 0.15) is 11.5 Å². The average molecular weight is 320 g/mol. The first kappa shape index (κ1) is 17.1. The average Bonchev–Trinajstić information content (AvgIpc) is 2.90. The zero-order chi connectivity index (χ0) is 17.0. The van der Waals surface area contributed by atoms with Crippen LogP contribution in [0, 0.1) is 5.92 Å². The topological polar surface area (TPSA) is 67.9 Å². The number of hydrogen-bond acceptors (Lipinski definition) is 4. The molecule has 0 bridgehead atoms. The first-order valence-corrected chi connectivity index (χ1v) is 7.86. The van der Waals surface area contributed by atoms with Crippen molar-refractivity contribution in [3.63, 3.8) is 0 Å². The summed E-state index contributed by atoms with van der Waals surface area (Å²) in [5.41, 5.74) is 0.831. The van der Waals surface area contributed by atoms with E-state index < -0.39 is 5.92 Å². The van der Waals surface area contributed by atoms with Crippen molar-refractivity contribution in [2.45, 2.75) is 26.3 Å². The molecule has 6 nitrogen and oxygen atoms in total. The summed E-state index contributed by atoms with van der Waals surface area (Å²) in [4.78, 5) is 26.5. The van der Waals surface area contributed by atoms with Crippen molar-refractivity contribution < 1.29 is 19.1 Å². The molecule has 1 aromatic carbocycles. The van der Waals surface area contributed by atoms with Crippen LogP contribution in [0.1, 0.15) is 31.9 Å². The van der Waals surface area contributed by atoms with E-state index in [1.54, 1.807) is 25.2 Å². The van der Waals surface area contributed by atoms with E-state index in [0.29, 0.717) is 24.6 Å². The minimum atomic E-state index is -0.412. The van der Waals surface area contributed by atoms with Crippen LogP contribution in [-0.2, 0) is 9.59 Å². The standard InChI is InChI=1S/C17H24N2O4/c1-5-18-17(21)13-10-15(20)19(6-2)16(13)12-8-7-11(22-3)9-14(12)23-4/h7-9,13,16H,5-6,10H2,1-4H3,(H,18,21)/t13-,16+/m1/s1. The molecule has 1 heterocycles. The van der Waals surface area contributed by atoms with Gasteiger partial charge < -0.3 is 19.7 Å². The molecule has 1 fully saturated rings. The van der Waals surface area contributed by atoms with E-state index in [1.807, 2.05) is 26.0 Å². The summed E-state index contributed by atoms with van der Waals surface area (Å²) >= 11 is 0. The molecular weight excluding hydrogens is 296 g/mol. The van der Waals surface area contributed by atoms with Gasteiger partial charge in [-0.05, 0) is 26.0 Å². The Bertz CT molecular complexity index is 588. The maximum Gasteiger partial charge on any atom is 0.226 e. The van der Waals surface area contributed by atoms with Crippen LogP contribution in [-0.4, -0.2) is 44.0 Å². The number of amides is 2. The van der Waals surface area contributed by atoms with Crippen molar-refractivity contribution in [2.75, 3.05) is 27.3 Å². The molecule has 23 heavy (non-hydrogen) atoms. The lowest BCUT2D eigenvalue weighted by atomic mass is 9.92. The monoisotopic (exact) mass is 320 g/mol. The van der Waals surface area contributed by atoms with Gasteiger partial charge in [0, 0.05) is 31.1 Å². The highest BCUT2D eigenvalue weighted by Gasteiger charge is 2.44. The van der Waals surface area contributed by atoms with Gasteiger partial charge >= 0.3 is 0 Å². The predicted molar refractivity (Wildman–Crippen MR) is 86.5 cm³/mol. The third-order valence-electron chi connectivity index (χ3n) is 4.22. The second-order valence-corrected chi connectivity index (χ2v) is 5.44. The lowest BCUT2D eigenvalue weighted by Crippen LogP contribution is -2.35. The van der Waals surface area contributed by atoms with Gasteiger partial charge in [0.15, 0.2) is 0 Å². The van der Waals surface area contributed by atoms with Gasteiger partial charge in [-0.1, -0.05) is 0 Å². The summed E-state index contributed by atoms with van der Waals surface area (Å²) in [6, 6.07) is 5.15. The molecule has 0 spiro atoms. The Morgan fingerprint density at radius 2 is 2.04 bits per heavy atom. The van der Waals surface area contributed by atoms with E-state index >= 15 is 0 Å². The lowest BCUT2D eigenvalue weighted by molar-refractivity contribution is -0.129. The van der Waals surface area contributed by atoms with Crippen LogP contribution in [0.2, 0.25) is 0 Å². The molecule has 2 amide bonds. The quantitative estimate of drug-likeness (QED) is 0.867. The van der Waals surface area contributed by atoms with E-state index in [1.165, 1.54) is 0 Å². The number of nitrogens with zero attached hydrogens (tertiary/aromatic N) is 1. The number of hydrogen-bond donors (Lipinski definition) is 1. The number of carbonyl (C=O) groups is 2. The van der Waals surface area contributed by atoms with Crippen LogP contribution < -0.4 is 14.8 Å². The Balaban J connectivity index is 2.46. The Labute approximate surface area is 136 Å². The normalized spacial score (nSPS) is 20.5. The Morgan fingerprint density at radius 1 is 1.30 bits per heavy atom. The summed E-state index contributed by atoms with van der Waals surface area (Å²) in [6.07, 6.45) is 0.222. The molecule has 1 aromatic rings. The molecule has 0 radical (unpaired) electrons. The fourth-order valence-electron chi connectivity index (χ4n) is 3.15. The fraction of sp³-hybridized carbons (Fsp3) is 0.529. The highest BCUT2D eigenvalue weighted by Crippen LogP contribution is 2.42. The van der Waals surface area contributed by atoms with Crippen LogP contribution in [0.4, 0.5) is 0 Å². The Morgan fingerprint density at radius 3 is 2.61 bits per heavy atom. The van der Waals surface area contributed by atoms with Gasteiger partial charge in [0.25, 0.3) is 0 Å². The molecule has 0 aliphatic carbocycles. The smallest absolute Gasteiger partial charge is 0.226 e. The van der Waals surface area contributed by atoms with Gasteiger partial charge in [-0.2, -0.15) is 0 Å². The fourth-order valence-corrected chi connectivity index (χ4v) is 3.15. The van der Waals surface area contributed by atoms with Crippen molar-refractivity contribution in [3.8, 4) is 11.5 Å². The maximum absolute atomic E-state index is 12.4. The largest absolute Gasteiger partial charge is 0.497 e. The molecule has 1 N–H and O–H groups in total. The third-order valence-corrected chi connectivity index (χ3v) is 4.22. The maximum atomic E-state index is 12.4. The minimum Gasteiger partial charge on any atom is -0.497 e. The molecule has 1 saturated heterocycles. The highest BCUT2D eigenvalue weighted by molar-refractivity contribution is 5.90. The summed E-state index contributed by atoms with van der Waals surface area (Å²) < 4.78 is 10.7. The van der Waals surface area contributed by atoms with E-state index in [9.17, 15) is 9.59 Å². The zero-order valence-electron chi connectivity index (χ0n) is 14.1. The second-order valence-electron chi connectivity index (χ2n) is 5.44. The van der Waals surface area contributed by atoms with Crippen molar-refractivity contribution in [2.24, 2.45) is 5.92 Å². The first-order chi connectivity index (χ1) is 11.1. The molecule has 0 saturated carbocycles. The summed E-state index contributed by atoms with van der Waals surface area (Å²) in [6.45, 7) is 4.88. The number of carbonyl (C=O) groups excluding carboxylic acids is 2. The van der Waals surface area contributed by atoms with Crippen molar-refractivity contribution in [3.05, 3.63) is 23.8 Å². The van der Waals surface area contributed by atoms with Crippen LogP contribution in [0.15, 0.2) is 18.2 Å². The highest BCUT2D eigenvalue weighted by atomic mass is 16.5. The Kier molecular flexibility index (Phi) is 5.47. The van der Waals surface area contributed by atoms with Crippen molar-refractivity contribution in [1.82, 2.24) is 10.2 Å². The van der Waals surface area contributed by atoms with E-state index in [4.69, 9.17) is 9.47 Å². The van der Waals surface area contributed by atoms with Gasteiger partial charge in [-0.15, -0.1) is 0 Å². The van der Waals surface area contributed by atoms with E-state index in [2.05, 4.69) is 5.32 Å². The number of methoxy groups -OCH3 is 2.